The smallest absolute Gasteiger partial charge is 0.339 e. The van der Waals surface area contributed by atoms with Gasteiger partial charge in [0.2, 0.25) is 0 Å². The summed E-state index contributed by atoms with van der Waals surface area (Å²) in [4.78, 5) is -0.122. The lowest BCUT2D eigenvalue weighted by molar-refractivity contribution is 0.403. The second-order valence-corrected chi connectivity index (χ2v) is 14.8. The van der Waals surface area contributed by atoms with Crippen molar-refractivity contribution >= 4 is 36.6 Å². The van der Waals surface area contributed by atoms with Crippen LogP contribution in [0.3, 0.4) is 0 Å². The molecule has 0 saturated heterocycles. The van der Waals surface area contributed by atoms with Gasteiger partial charge >= 0.3 is 20.2 Å². The van der Waals surface area contributed by atoms with Crippen LogP contribution in [0.25, 0.3) is 16.3 Å². The number of methoxy groups -OCH3 is 3. The number of rotatable bonds is 12. The molecule has 0 unspecified atom stereocenters. The van der Waals surface area contributed by atoms with Crippen LogP contribution in [0.4, 0.5) is 0 Å². The molecular weight excluding hydrogens is 665 g/mol. The fraction of sp³-hybridized carbons (Fsp3) is 0.211. The third kappa shape index (κ3) is 7.23. The van der Waals surface area contributed by atoms with Crippen LogP contribution in [0.1, 0.15) is 40.3 Å². The molecule has 0 aliphatic rings. The molecule has 0 spiro atoms. The van der Waals surface area contributed by atoms with Crippen molar-refractivity contribution in [1.29, 1.82) is 0 Å². The van der Waals surface area contributed by atoms with Gasteiger partial charge < -0.3 is 22.6 Å². The van der Waals surface area contributed by atoms with Crippen molar-refractivity contribution in [1.82, 2.24) is 0 Å². The van der Waals surface area contributed by atoms with E-state index in [1.54, 1.807) is 51.7 Å². The van der Waals surface area contributed by atoms with Crippen LogP contribution >= 0.6 is 0 Å². The van der Waals surface area contributed by atoms with Gasteiger partial charge in [-0.05, 0) is 81.3 Å². The van der Waals surface area contributed by atoms with Crippen molar-refractivity contribution in [3.8, 4) is 28.7 Å². The molecule has 0 radical (unpaired) electrons. The van der Waals surface area contributed by atoms with Crippen molar-refractivity contribution in [2.45, 2.75) is 43.9 Å². The average molecular weight is 703 g/mol. The third-order valence-corrected chi connectivity index (χ3v) is 10.6. The molecule has 0 fully saturated rings. The Balaban J connectivity index is 1.71. The van der Waals surface area contributed by atoms with Crippen molar-refractivity contribution in [3.63, 3.8) is 0 Å². The van der Waals surface area contributed by atoms with E-state index in [0.717, 1.165) is 27.5 Å². The normalized spacial score (nSPS) is 11.7. The van der Waals surface area contributed by atoms with E-state index in [1.165, 1.54) is 36.4 Å². The van der Waals surface area contributed by atoms with E-state index < -0.39 is 20.2 Å². The van der Waals surface area contributed by atoms with Crippen LogP contribution in [0.15, 0.2) is 95.2 Å². The minimum absolute atomic E-state index is 0.0528. The van der Waals surface area contributed by atoms with Gasteiger partial charge in [0.25, 0.3) is 0 Å². The average Bonchev–Trinajstić information content (AvgIpc) is 3.05. The number of aryl methyl sites for hydroxylation is 3. The van der Waals surface area contributed by atoms with Crippen LogP contribution in [-0.2, 0) is 26.7 Å². The van der Waals surface area contributed by atoms with Crippen LogP contribution in [0.5, 0.6) is 28.7 Å². The monoisotopic (exact) mass is 702 g/mol. The molecule has 49 heavy (non-hydrogen) atoms. The van der Waals surface area contributed by atoms with Gasteiger partial charge in [0.1, 0.15) is 38.5 Å². The largest absolute Gasteiger partial charge is 0.497 e. The van der Waals surface area contributed by atoms with Crippen LogP contribution in [-0.4, -0.2) is 38.2 Å². The third-order valence-electron chi connectivity index (χ3n) is 8.08. The first-order chi connectivity index (χ1) is 23.2. The lowest BCUT2D eigenvalue weighted by Crippen LogP contribution is -2.13. The molecule has 0 aliphatic heterocycles. The lowest BCUT2D eigenvalue weighted by atomic mass is 9.88. The van der Waals surface area contributed by atoms with E-state index in [9.17, 15) is 16.8 Å². The first-order valence-corrected chi connectivity index (χ1v) is 18.1. The molecule has 0 saturated carbocycles. The van der Waals surface area contributed by atoms with Gasteiger partial charge in [-0.2, -0.15) is 16.8 Å². The maximum atomic E-state index is 13.6. The Morgan fingerprint density at radius 2 is 1.20 bits per heavy atom. The molecule has 0 bridgehead atoms. The van der Waals surface area contributed by atoms with E-state index in [4.69, 9.17) is 22.6 Å². The van der Waals surface area contributed by atoms with Gasteiger partial charge in [-0.25, -0.2) is 0 Å². The predicted molar refractivity (Wildman–Crippen MR) is 190 cm³/mol. The van der Waals surface area contributed by atoms with Crippen molar-refractivity contribution in [2.24, 2.45) is 0 Å². The highest BCUT2D eigenvalue weighted by atomic mass is 32.2. The van der Waals surface area contributed by atoms with E-state index in [0.29, 0.717) is 39.5 Å². The van der Waals surface area contributed by atoms with Crippen molar-refractivity contribution in [3.05, 3.63) is 119 Å². The second kappa shape index (κ2) is 13.9. The standard InChI is InChI=1S/C38H38O9S2/c1-23(2)35-32(38(45-8)36-26(5)19-29(43-6)21-33(36)37(35)44-7)20-27-13-14-28(46-48(39,40)30-15-9-24(3)10-16-30)22-34(27)47-49(41,42)31-17-11-25(4)12-18-31/h9-19,21-22H,1,20H2,2-8H3. The molecule has 9 nitrogen and oxygen atoms in total. The highest BCUT2D eigenvalue weighted by molar-refractivity contribution is 7.87. The number of benzene rings is 5. The Morgan fingerprint density at radius 3 is 1.71 bits per heavy atom. The number of fused-ring (bicyclic) bond motifs is 1. The highest BCUT2D eigenvalue weighted by Gasteiger charge is 2.27. The molecule has 5 aromatic rings. The topological polar surface area (TPSA) is 114 Å². The van der Waals surface area contributed by atoms with Gasteiger partial charge in [0.15, 0.2) is 0 Å². The molecule has 5 rings (SSSR count). The van der Waals surface area contributed by atoms with E-state index in [2.05, 4.69) is 6.58 Å². The summed E-state index contributed by atoms with van der Waals surface area (Å²) in [6, 6.07) is 20.4. The van der Waals surface area contributed by atoms with E-state index >= 15 is 0 Å². The van der Waals surface area contributed by atoms with Crippen LogP contribution in [0.2, 0.25) is 0 Å². The molecule has 0 aromatic heterocycles. The van der Waals surface area contributed by atoms with Crippen molar-refractivity contribution < 1.29 is 39.4 Å². The quantitative estimate of drug-likeness (QED) is 0.120. The summed E-state index contributed by atoms with van der Waals surface area (Å²) in [7, 11) is -3.90. The summed E-state index contributed by atoms with van der Waals surface area (Å²) in [5, 5.41) is 1.53. The highest BCUT2D eigenvalue weighted by Crippen LogP contribution is 2.47. The summed E-state index contributed by atoms with van der Waals surface area (Å²) in [6.45, 7) is 11.7. The Hall–Kier alpha value is -5.00. The summed E-state index contributed by atoms with van der Waals surface area (Å²) in [5.41, 5.74) is 5.01. The maximum Gasteiger partial charge on any atom is 0.339 e. The molecule has 0 atom stereocenters. The first-order valence-electron chi connectivity index (χ1n) is 15.2. The SMILES string of the molecule is C=C(C)c1c(Cc2ccc(OS(=O)(=O)c3ccc(C)cc3)cc2OS(=O)(=O)c2ccc(C)cc2)c(OC)c2c(C)cc(OC)cc2c1OC. The minimum atomic E-state index is -4.36. The molecule has 11 heteroatoms. The predicted octanol–water partition coefficient (Wildman–Crippen LogP) is 7.95. The van der Waals surface area contributed by atoms with Gasteiger partial charge in [-0.15, -0.1) is 0 Å². The molecule has 0 aliphatic carbocycles. The summed E-state index contributed by atoms with van der Waals surface area (Å²) < 4.78 is 82.3. The molecule has 256 valence electrons. The Kier molecular flexibility index (Phi) is 9.98. The van der Waals surface area contributed by atoms with E-state index in [1.807, 2.05) is 39.8 Å². The number of hydrogen-bond donors (Lipinski definition) is 0. The second-order valence-electron chi connectivity index (χ2n) is 11.7. The van der Waals surface area contributed by atoms with Crippen LogP contribution < -0.4 is 22.6 Å². The zero-order chi connectivity index (χ0) is 35.7. The van der Waals surface area contributed by atoms with Gasteiger partial charge in [0.05, 0.1) is 21.3 Å². The molecule has 5 aromatic carbocycles. The Labute approximate surface area is 287 Å². The molecule has 0 heterocycles. The van der Waals surface area contributed by atoms with Gasteiger partial charge in [-0.3, -0.25) is 0 Å². The zero-order valence-electron chi connectivity index (χ0n) is 28.4. The van der Waals surface area contributed by atoms with Crippen molar-refractivity contribution in [2.75, 3.05) is 21.3 Å². The maximum absolute atomic E-state index is 13.6. The van der Waals surface area contributed by atoms with E-state index in [-0.39, 0.29) is 27.7 Å². The molecular formula is C38H38O9S2. The number of allylic oxidation sites excluding steroid dienone is 1. The summed E-state index contributed by atoms with van der Waals surface area (Å²) in [5.74, 6) is 1.45. The fourth-order valence-electron chi connectivity index (χ4n) is 5.70. The Morgan fingerprint density at radius 1 is 0.653 bits per heavy atom. The van der Waals surface area contributed by atoms with Gasteiger partial charge in [0, 0.05) is 39.9 Å². The van der Waals surface area contributed by atoms with Crippen LogP contribution in [0, 0.1) is 20.8 Å². The number of hydrogen-bond acceptors (Lipinski definition) is 9. The molecule has 0 amide bonds. The zero-order valence-corrected chi connectivity index (χ0v) is 30.0. The Bertz CT molecular complexity index is 2270. The lowest BCUT2D eigenvalue weighted by Gasteiger charge is -2.23. The minimum Gasteiger partial charge on any atom is -0.497 e. The summed E-state index contributed by atoms with van der Waals surface area (Å²) >= 11 is 0. The van der Waals surface area contributed by atoms with Gasteiger partial charge in [-0.1, -0.05) is 48.0 Å². The first kappa shape index (κ1) is 35.3. The summed E-state index contributed by atoms with van der Waals surface area (Å²) in [6.07, 6.45) is 0.0902. The fourth-order valence-corrected chi connectivity index (χ4v) is 7.58. The number of ether oxygens (including phenoxy) is 3. The molecule has 0 N–H and O–H groups in total.